The molecule has 0 fully saturated rings. The van der Waals surface area contributed by atoms with Gasteiger partial charge in [-0.05, 0) is 26.2 Å². The van der Waals surface area contributed by atoms with E-state index in [1.807, 2.05) is 13.8 Å². The van der Waals surface area contributed by atoms with Crippen LogP contribution in [0, 0.1) is 11.8 Å². The van der Waals surface area contributed by atoms with Crippen molar-refractivity contribution in [2.24, 2.45) is 17.6 Å². The second-order valence-corrected chi connectivity index (χ2v) is 5.90. The van der Waals surface area contributed by atoms with Crippen LogP contribution in [0.15, 0.2) is 0 Å². The third-order valence-electron chi connectivity index (χ3n) is 3.29. The quantitative estimate of drug-likeness (QED) is 0.421. The summed E-state index contributed by atoms with van der Waals surface area (Å²) in [5, 5.41) is 12.1. The number of hydrogen-bond donors (Lipinski definition) is 3. The Bertz CT molecular complexity index is 479. The van der Waals surface area contributed by atoms with Gasteiger partial charge in [-0.1, -0.05) is 13.8 Å². The van der Waals surface area contributed by atoms with Gasteiger partial charge in [0, 0.05) is 0 Å². The van der Waals surface area contributed by atoms with Crippen LogP contribution in [0.25, 0.3) is 0 Å². The molecule has 0 radical (unpaired) electrons. The summed E-state index contributed by atoms with van der Waals surface area (Å²) in [6.07, 6.45) is -1.69. The van der Waals surface area contributed by atoms with Crippen molar-refractivity contribution in [2.45, 2.75) is 52.7 Å². The maximum atomic E-state index is 12.1. The standard InChI is InChI=1S/C16H28N2O7/c1-5-24-12(20)8-10(16(23)25-6-2)13(14(17)21)18-15(22)11(19)7-9(3)4/h9-11,13,19H,5-8H2,1-4H3,(H2,17,21)(H,18,22)/t10-,11+,13+/m1/s1. The van der Waals surface area contributed by atoms with Crippen molar-refractivity contribution < 1.29 is 33.8 Å². The molecule has 2 amide bonds. The normalized spacial score (nSPS) is 14.3. The van der Waals surface area contributed by atoms with E-state index in [9.17, 15) is 24.3 Å². The summed E-state index contributed by atoms with van der Waals surface area (Å²) in [5.41, 5.74) is 5.28. The van der Waals surface area contributed by atoms with Crippen LogP contribution in [0.3, 0.4) is 0 Å². The lowest BCUT2D eigenvalue weighted by Gasteiger charge is -2.25. The predicted molar refractivity (Wildman–Crippen MR) is 88.0 cm³/mol. The average molecular weight is 360 g/mol. The van der Waals surface area contributed by atoms with Crippen molar-refractivity contribution in [1.82, 2.24) is 5.32 Å². The van der Waals surface area contributed by atoms with Crippen LogP contribution in [0.5, 0.6) is 0 Å². The molecule has 0 aliphatic heterocycles. The third-order valence-corrected chi connectivity index (χ3v) is 3.29. The largest absolute Gasteiger partial charge is 0.466 e. The summed E-state index contributed by atoms with van der Waals surface area (Å²) in [6, 6.07) is -1.50. The maximum absolute atomic E-state index is 12.1. The highest BCUT2D eigenvalue weighted by Gasteiger charge is 2.38. The fourth-order valence-corrected chi connectivity index (χ4v) is 2.16. The molecule has 25 heavy (non-hydrogen) atoms. The number of rotatable bonds is 11. The minimum Gasteiger partial charge on any atom is -0.466 e. The molecular weight excluding hydrogens is 332 g/mol. The van der Waals surface area contributed by atoms with Crippen molar-refractivity contribution in [3.63, 3.8) is 0 Å². The van der Waals surface area contributed by atoms with E-state index in [2.05, 4.69) is 5.32 Å². The zero-order chi connectivity index (χ0) is 19.6. The lowest BCUT2D eigenvalue weighted by atomic mass is 9.94. The first-order valence-corrected chi connectivity index (χ1v) is 8.23. The van der Waals surface area contributed by atoms with Crippen LogP contribution in [0.1, 0.15) is 40.5 Å². The van der Waals surface area contributed by atoms with Gasteiger partial charge in [0.2, 0.25) is 11.8 Å². The zero-order valence-corrected chi connectivity index (χ0v) is 15.1. The molecule has 0 aliphatic rings. The number of ether oxygens (including phenoxy) is 2. The highest BCUT2D eigenvalue weighted by Crippen LogP contribution is 2.14. The Hall–Kier alpha value is -2.16. The van der Waals surface area contributed by atoms with Crippen molar-refractivity contribution in [3.05, 3.63) is 0 Å². The van der Waals surface area contributed by atoms with Crippen LogP contribution < -0.4 is 11.1 Å². The van der Waals surface area contributed by atoms with Crippen LogP contribution in [0.4, 0.5) is 0 Å². The van der Waals surface area contributed by atoms with Crippen molar-refractivity contribution in [3.8, 4) is 0 Å². The molecule has 0 aliphatic carbocycles. The van der Waals surface area contributed by atoms with E-state index in [-0.39, 0.29) is 25.6 Å². The molecule has 0 aromatic rings. The molecule has 0 aromatic heterocycles. The molecule has 0 aromatic carbocycles. The number of nitrogens with two attached hydrogens (primary N) is 1. The lowest BCUT2D eigenvalue weighted by Crippen LogP contribution is -2.54. The molecule has 0 rings (SSSR count). The summed E-state index contributed by atoms with van der Waals surface area (Å²) < 4.78 is 9.63. The fraction of sp³-hybridized carbons (Fsp3) is 0.750. The first-order chi connectivity index (χ1) is 11.6. The highest BCUT2D eigenvalue weighted by molar-refractivity contribution is 5.93. The van der Waals surface area contributed by atoms with Gasteiger partial charge >= 0.3 is 11.9 Å². The number of primary amides is 1. The molecule has 3 atom stereocenters. The summed E-state index contributed by atoms with van der Waals surface area (Å²) in [5.74, 6) is -4.77. The molecule has 0 bridgehead atoms. The van der Waals surface area contributed by atoms with Gasteiger partial charge in [-0.25, -0.2) is 0 Å². The van der Waals surface area contributed by atoms with Gasteiger partial charge in [0.25, 0.3) is 0 Å². The molecule has 0 heterocycles. The number of esters is 2. The fourth-order valence-electron chi connectivity index (χ4n) is 2.16. The van der Waals surface area contributed by atoms with E-state index in [0.29, 0.717) is 0 Å². The Morgan fingerprint density at radius 1 is 1.08 bits per heavy atom. The Balaban J connectivity index is 5.32. The number of amides is 2. The van der Waals surface area contributed by atoms with Gasteiger partial charge in [0.05, 0.1) is 25.6 Å². The third kappa shape index (κ3) is 8.48. The maximum Gasteiger partial charge on any atom is 0.312 e. The summed E-state index contributed by atoms with van der Waals surface area (Å²) >= 11 is 0. The summed E-state index contributed by atoms with van der Waals surface area (Å²) in [6.45, 7) is 6.88. The Morgan fingerprint density at radius 3 is 2.08 bits per heavy atom. The summed E-state index contributed by atoms with van der Waals surface area (Å²) in [7, 11) is 0. The second-order valence-electron chi connectivity index (χ2n) is 5.90. The van der Waals surface area contributed by atoms with Crippen molar-refractivity contribution in [1.29, 1.82) is 0 Å². The van der Waals surface area contributed by atoms with Gasteiger partial charge < -0.3 is 25.6 Å². The van der Waals surface area contributed by atoms with Crippen LogP contribution in [0.2, 0.25) is 0 Å². The number of aliphatic hydroxyl groups excluding tert-OH is 1. The molecule has 0 unspecified atom stereocenters. The minimum absolute atomic E-state index is 0.0214. The molecule has 0 spiro atoms. The van der Waals surface area contributed by atoms with Gasteiger partial charge in [0.1, 0.15) is 12.1 Å². The van der Waals surface area contributed by atoms with Crippen LogP contribution in [-0.2, 0) is 28.7 Å². The molecule has 9 heteroatoms. The van der Waals surface area contributed by atoms with Gasteiger partial charge in [-0.15, -0.1) is 0 Å². The van der Waals surface area contributed by atoms with E-state index in [1.165, 1.54) is 0 Å². The molecule has 9 nitrogen and oxygen atoms in total. The van der Waals surface area contributed by atoms with E-state index < -0.39 is 48.2 Å². The first kappa shape index (κ1) is 22.8. The number of hydrogen-bond acceptors (Lipinski definition) is 7. The highest BCUT2D eigenvalue weighted by atomic mass is 16.5. The van der Waals surface area contributed by atoms with E-state index >= 15 is 0 Å². The zero-order valence-electron chi connectivity index (χ0n) is 15.1. The minimum atomic E-state index is -1.50. The Labute approximate surface area is 147 Å². The number of aliphatic hydroxyl groups is 1. The Morgan fingerprint density at radius 2 is 1.64 bits per heavy atom. The summed E-state index contributed by atoms with van der Waals surface area (Å²) in [4.78, 5) is 47.6. The molecule has 144 valence electrons. The van der Waals surface area contributed by atoms with E-state index in [1.54, 1.807) is 13.8 Å². The predicted octanol–water partition coefficient (Wildman–Crippen LogP) is -0.504. The smallest absolute Gasteiger partial charge is 0.312 e. The van der Waals surface area contributed by atoms with Gasteiger partial charge in [-0.3, -0.25) is 19.2 Å². The lowest BCUT2D eigenvalue weighted by molar-refractivity contribution is -0.157. The van der Waals surface area contributed by atoms with Crippen LogP contribution >= 0.6 is 0 Å². The molecular formula is C16H28N2O7. The topological polar surface area (TPSA) is 145 Å². The monoisotopic (exact) mass is 360 g/mol. The number of nitrogens with one attached hydrogen (secondary N) is 1. The molecule has 0 saturated carbocycles. The van der Waals surface area contributed by atoms with Gasteiger partial charge in [-0.2, -0.15) is 0 Å². The van der Waals surface area contributed by atoms with Gasteiger partial charge in [0.15, 0.2) is 0 Å². The molecule has 0 saturated heterocycles. The Kier molecular flexibility index (Phi) is 10.4. The molecule has 4 N–H and O–H groups in total. The van der Waals surface area contributed by atoms with E-state index in [0.717, 1.165) is 0 Å². The van der Waals surface area contributed by atoms with Crippen molar-refractivity contribution >= 4 is 23.8 Å². The second kappa shape index (κ2) is 11.4. The SMILES string of the molecule is CCOC(=O)C[C@@H](C(=O)OCC)[C@H](NC(=O)[C@@H](O)CC(C)C)C(N)=O. The number of carbonyl (C=O) groups excluding carboxylic acids is 4. The number of carbonyl (C=O) groups is 4. The van der Waals surface area contributed by atoms with Crippen LogP contribution in [-0.4, -0.2) is 54.2 Å². The van der Waals surface area contributed by atoms with E-state index in [4.69, 9.17) is 15.2 Å². The van der Waals surface area contributed by atoms with Crippen molar-refractivity contribution in [2.75, 3.05) is 13.2 Å². The average Bonchev–Trinajstić information content (AvgIpc) is 2.49. The first-order valence-electron chi connectivity index (χ1n) is 8.23.